The Morgan fingerprint density at radius 3 is 2.50 bits per heavy atom. The quantitative estimate of drug-likeness (QED) is 0.352. The molecule has 0 aliphatic rings. The molecule has 18 heavy (non-hydrogen) atoms. The summed E-state index contributed by atoms with van der Waals surface area (Å²) in [5.74, 6) is -1.55. The molecule has 0 unspecified atom stereocenters. The van der Waals surface area contributed by atoms with Crippen molar-refractivity contribution in [1.29, 1.82) is 0 Å². The number of hydrogen-bond donors (Lipinski definition) is 0. The highest BCUT2D eigenvalue weighted by Crippen LogP contribution is 2.20. The number of rotatable bonds is 5. The highest BCUT2D eigenvalue weighted by molar-refractivity contribution is 7.87. The molecule has 0 N–H and O–H groups in total. The van der Waals surface area contributed by atoms with Crippen molar-refractivity contribution >= 4 is 22.2 Å². The Morgan fingerprint density at radius 2 is 1.94 bits per heavy atom. The zero-order valence-electron chi connectivity index (χ0n) is 9.75. The second-order valence-electron chi connectivity index (χ2n) is 3.19. The summed E-state index contributed by atoms with van der Waals surface area (Å²) in [6.45, 7) is 6.69. The summed E-state index contributed by atoms with van der Waals surface area (Å²) >= 11 is 0. The molecule has 6 heteroatoms. The summed E-state index contributed by atoms with van der Waals surface area (Å²) in [6, 6.07) is 6.09. The molecule has 0 saturated heterocycles. The molecule has 96 valence electrons. The second-order valence-corrected chi connectivity index (χ2v) is 4.71. The van der Waals surface area contributed by atoms with Crippen molar-refractivity contribution in [3.63, 3.8) is 0 Å². The van der Waals surface area contributed by atoms with Crippen molar-refractivity contribution in [3.05, 3.63) is 48.7 Å². The highest BCUT2D eigenvalue weighted by Gasteiger charge is 2.23. The lowest BCUT2D eigenvalue weighted by atomic mass is 10.2. The fourth-order valence-electron chi connectivity index (χ4n) is 1.20. The number of esters is 1. The largest absolute Gasteiger partial charge is 0.463 e. The van der Waals surface area contributed by atoms with E-state index in [9.17, 15) is 13.2 Å². The Kier molecular flexibility index (Phi) is 4.28. The molecule has 0 fully saturated rings. The first-order valence-electron chi connectivity index (χ1n) is 4.85. The molecule has 0 heterocycles. The molecule has 0 saturated carbocycles. The van der Waals surface area contributed by atoms with E-state index in [1.807, 2.05) is 0 Å². The van der Waals surface area contributed by atoms with E-state index >= 15 is 0 Å². The molecule has 0 aliphatic carbocycles. The van der Waals surface area contributed by atoms with E-state index in [1.54, 1.807) is 12.1 Å². The van der Waals surface area contributed by atoms with Crippen LogP contribution in [0.1, 0.15) is 5.56 Å². The maximum Gasteiger partial charge on any atom is 0.374 e. The Hall–Kier alpha value is -2.08. The zero-order valence-corrected chi connectivity index (χ0v) is 10.6. The van der Waals surface area contributed by atoms with E-state index in [0.717, 1.165) is 7.11 Å². The van der Waals surface area contributed by atoms with Gasteiger partial charge in [-0.15, -0.1) is 0 Å². The van der Waals surface area contributed by atoms with Crippen molar-refractivity contribution < 1.29 is 22.1 Å². The lowest BCUT2D eigenvalue weighted by Crippen LogP contribution is -2.13. The fourth-order valence-corrected chi connectivity index (χ4v) is 2.31. The summed E-state index contributed by atoms with van der Waals surface area (Å²) in [7, 11) is -3.03. The minimum Gasteiger partial charge on any atom is -0.463 e. The first-order valence-corrected chi connectivity index (χ1v) is 6.26. The summed E-state index contributed by atoms with van der Waals surface area (Å²) < 4.78 is 32.7. The minimum absolute atomic E-state index is 0.0925. The molecule has 1 aromatic carbocycles. The van der Waals surface area contributed by atoms with Gasteiger partial charge in [0, 0.05) is 0 Å². The van der Waals surface area contributed by atoms with E-state index in [1.165, 1.54) is 18.2 Å². The molecule has 0 amide bonds. The predicted octanol–water partition coefficient (Wildman–Crippen LogP) is 1.72. The maximum atomic E-state index is 11.9. The van der Waals surface area contributed by atoms with Gasteiger partial charge < -0.3 is 8.92 Å². The zero-order chi connectivity index (χ0) is 13.8. The molecule has 0 bridgehead atoms. The van der Waals surface area contributed by atoms with Gasteiger partial charge in [0.05, 0.1) is 7.11 Å². The summed E-state index contributed by atoms with van der Waals surface area (Å²) in [4.78, 5) is 11.0. The lowest BCUT2D eigenvalue weighted by Gasteiger charge is -2.09. The van der Waals surface area contributed by atoms with E-state index in [2.05, 4.69) is 22.1 Å². The average molecular weight is 268 g/mol. The number of ether oxygens (including phenoxy) is 1. The van der Waals surface area contributed by atoms with Crippen molar-refractivity contribution in [2.24, 2.45) is 0 Å². The second kappa shape index (κ2) is 5.50. The van der Waals surface area contributed by atoms with E-state index in [0.29, 0.717) is 5.56 Å². The number of methoxy groups -OCH3 is 1. The highest BCUT2D eigenvalue weighted by atomic mass is 32.2. The summed E-state index contributed by atoms with van der Waals surface area (Å²) in [5, 5.41) is 0. The van der Waals surface area contributed by atoms with Crippen LogP contribution in [0.2, 0.25) is 0 Å². The fraction of sp³-hybridized carbons (Fsp3) is 0.0833. The number of benzene rings is 1. The predicted molar refractivity (Wildman–Crippen MR) is 66.0 cm³/mol. The van der Waals surface area contributed by atoms with Crippen molar-refractivity contribution in [2.75, 3.05) is 7.11 Å². The van der Waals surface area contributed by atoms with Crippen LogP contribution in [-0.2, 0) is 23.8 Å². The van der Waals surface area contributed by atoms with Crippen LogP contribution in [0, 0.1) is 0 Å². The van der Waals surface area contributed by atoms with Gasteiger partial charge in [-0.3, -0.25) is 0 Å². The Balaban J connectivity index is 3.11. The number of carbonyl (C=O) groups is 1. The van der Waals surface area contributed by atoms with Gasteiger partial charge in [-0.25, -0.2) is 4.79 Å². The average Bonchev–Trinajstić information content (AvgIpc) is 2.37. The Labute approximate surface area is 105 Å². The van der Waals surface area contributed by atoms with E-state index in [4.69, 9.17) is 0 Å². The summed E-state index contributed by atoms with van der Waals surface area (Å²) in [6.07, 6.45) is 1.37. The monoisotopic (exact) mass is 268 g/mol. The molecule has 1 aromatic rings. The van der Waals surface area contributed by atoms with Crippen LogP contribution in [0.5, 0.6) is 0 Å². The first-order chi connectivity index (χ1) is 8.42. The van der Waals surface area contributed by atoms with Gasteiger partial charge in [0.15, 0.2) is 0 Å². The van der Waals surface area contributed by atoms with Crippen LogP contribution in [0.3, 0.4) is 0 Å². The molecule has 0 atom stereocenters. The number of carbonyl (C=O) groups excluding carboxylic acids is 1. The SMILES string of the molecule is C=Cc1ccccc1S(=O)(=O)OC(=C)C(=O)OC. The van der Waals surface area contributed by atoms with E-state index < -0.39 is 21.8 Å². The standard InChI is InChI=1S/C12H12O5S/c1-4-10-7-5-6-8-11(10)18(14,15)17-9(2)12(13)16-3/h4-8H,1-2H2,3H3. The van der Waals surface area contributed by atoms with E-state index in [-0.39, 0.29) is 4.90 Å². The van der Waals surface area contributed by atoms with Gasteiger partial charge in [0.2, 0.25) is 5.76 Å². The van der Waals surface area contributed by atoms with Crippen LogP contribution < -0.4 is 0 Å². The van der Waals surface area contributed by atoms with Crippen LogP contribution >= 0.6 is 0 Å². The maximum absolute atomic E-state index is 11.9. The third kappa shape index (κ3) is 2.98. The van der Waals surface area contributed by atoms with Crippen LogP contribution in [0.15, 0.2) is 48.1 Å². The molecule has 0 aromatic heterocycles. The minimum atomic E-state index is -4.13. The first kappa shape index (κ1) is 14.0. The van der Waals surface area contributed by atoms with Gasteiger partial charge >= 0.3 is 16.1 Å². The Morgan fingerprint density at radius 1 is 1.33 bits per heavy atom. The molecule has 0 spiro atoms. The third-order valence-electron chi connectivity index (χ3n) is 2.03. The van der Waals surface area contributed by atoms with Gasteiger partial charge in [-0.2, -0.15) is 8.42 Å². The van der Waals surface area contributed by atoms with Crippen molar-refractivity contribution in [1.82, 2.24) is 0 Å². The smallest absolute Gasteiger partial charge is 0.374 e. The molecule has 0 radical (unpaired) electrons. The van der Waals surface area contributed by atoms with Gasteiger partial charge in [-0.05, 0) is 18.2 Å². The van der Waals surface area contributed by atoms with Crippen molar-refractivity contribution in [2.45, 2.75) is 4.90 Å². The van der Waals surface area contributed by atoms with Gasteiger partial charge in [-0.1, -0.05) is 30.9 Å². The lowest BCUT2D eigenvalue weighted by molar-refractivity contribution is -0.138. The van der Waals surface area contributed by atoms with Crippen molar-refractivity contribution in [3.8, 4) is 0 Å². The molecular weight excluding hydrogens is 256 g/mol. The van der Waals surface area contributed by atoms with Crippen LogP contribution in [0.25, 0.3) is 6.08 Å². The Bertz CT molecular complexity index is 586. The third-order valence-corrected chi connectivity index (χ3v) is 3.36. The summed E-state index contributed by atoms with van der Waals surface area (Å²) in [5.41, 5.74) is 0.371. The molecule has 5 nitrogen and oxygen atoms in total. The molecular formula is C12H12O5S. The van der Waals surface area contributed by atoms with Crippen LogP contribution in [-0.4, -0.2) is 21.5 Å². The normalized spacial score (nSPS) is 10.5. The van der Waals surface area contributed by atoms with Gasteiger partial charge in [0.1, 0.15) is 4.90 Å². The number of hydrogen-bond acceptors (Lipinski definition) is 5. The molecule has 0 aliphatic heterocycles. The topological polar surface area (TPSA) is 69.7 Å². The van der Waals surface area contributed by atoms with Gasteiger partial charge in [0.25, 0.3) is 0 Å². The van der Waals surface area contributed by atoms with Crippen LogP contribution in [0.4, 0.5) is 0 Å². The molecule has 1 rings (SSSR count).